The maximum absolute atomic E-state index is 12.1. The van der Waals surface area contributed by atoms with Crippen LogP contribution in [-0.2, 0) is 16.1 Å². The van der Waals surface area contributed by atoms with Gasteiger partial charge in [0, 0.05) is 32.2 Å². The molecule has 0 aliphatic heterocycles. The minimum absolute atomic E-state index is 0.00881. The van der Waals surface area contributed by atoms with Gasteiger partial charge in [-0.2, -0.15) is 0 Å². The van der Waals surface area contributed by atoms with E-state index in [2.05, 4.69) is 5.32 Å². The summed E-state index contributed by atoms with van der Waals surface area (Å²) in [6.45, 7) is 2.05. The van der Waals surface area contributed by atoms with Gasteiger partial charge in [0.25, 0.3) is 0 Å². The number of anilines is 1. The normalized spacial score (nSPS) is 20.3. The fourth-order valence-corrected chi connectivity index (χ4v) is 2.29. The highest BCUT2D eigenvalue weighted by Gasteiger charge is 2.22. The highest BCUT2D eigenvalue weighted by Crippen LogP contribution is 2.19. The number of benzene rings is 1. The maximum Gasteiger partial charge on any atom is 0.231 e. The Morgan fingerprint density at radius 3 is 2.76 bits per heavy atom. The Labute approximate surface area is 124 Å². The molecular formula is C16H21N3O2. The number of hydrogen-bond donors (Lipinski definition) is 2. The smallest absolute Gasteiger partial charge is 0.231 e. The summed E-state index contributed by atoms with van der Waals surface area (Å²) in [6, 6.07) is 7.50. The second kappa shape index (κ2) is 6.54. The van der Waals surface area contributed by atoms with Gasteiger partial charge >= 0.3 is 0 Å². The van der Waals surface area contributed by atoms with Crippen molar-refractivity contribution >= 4 is 17.5 Å². The molecule has 0 saturated heterocycles. The van der Waals surface area contributed by atoms with Gasteiger partial charge in [-0.1, -0.05) is 24.3 Å². The van der Waals surface area contributed by atoms with E-state index in [0.29, 0.717) is 13.0 Å². The van der Waals surface area contributed by atoms with Gasteiger partial charge in [0.15, 0.2) is 0 Å². The summed E-state index contributed by atoms with van der Waals surface area (Å²) in [7, 11) is 1.75. The van der Waals surface area contributed by atoms with E-state index in [1.54, 1.807) is 11.9 Å². The first-order valence-electron chi connectivity index (χ1n) is 7.01. The number of nitrogens with two attached hydrogens (primary N) is 1. The Bertz CT molecular complexity index is 568. The average Bonchev–Trinajstić information content (AvgIpc) is 2.86. The van der Waals surface area contributed by atoms with Gasteiger partial charge in [-0.3, -0.25) is 9.59 Å². The SMILES string of the molecule is CC(=O)N(C)Cc1cccc(NC(=O)C2C=CC(N)C2)c1. The van der Waals surface area contributed by atoms with Crippen LogP contribution in [0.4, 0.5) is 5.69 Å². The van der Waals surface area contributed by atoms with Crippen molar-refractivity contribution in [3.63, 3.8) is 0 Å². The Balaban J connectivity index is 1.99. The third kappa shape index (κ3) is 4.16. The van der Waals surface area contributed by atoms with Crippen molar-refractivity contribution in [2.24, 2.45) is 11.7 Å². The molecule has 0 saturated carbocycles. The minimum Gasteiger partial charge on any atom is -0.342 e. The zero-order valence-corrected chi connectivity index (χ0v) is 12.4. The Hall–Kier alpha value is -2.14. The number of nitrogens with one attached hydrogen (secondary N) is 1. The molecule has 1 aromatic carbocycles. The van der Waals surface area contributed by atoms with Gasteiger partial charge in [-0.25, -0.2) is 0 Å². The van der Waals surface area contributed by atoms with Crippen molar-refractivity contribution in [2.45, 2.75) is 25.9 Å². The van der Waals surface area contributed by atoms with Gasteiger partial charge in [0.05, 0.1) is 5.92 Å². The van der Waals surface area contributed by atoms with E-state index in [9.17, 15) is 9.59 Å². The standard InChI is InChI=1S/C16H21N3O2/c1-11(20)19(2)10-12-4-3-5-15(8-12)18-16(21)13-6-7-14(17)9-13/h3-8,13-14H,9-10,17H2,1-2H3,(H,18,21). The molecule has 21 heavy (non-hydrogen) atoms. The lowest BCUT2D eigenvalue weighted by Gasteiger charge is -2.16. The molecular weight excluding hydrogens is 266 g/mol. The fraction of sp³-hybridized carbons (Fsp3) is 0.375. The third-order valence-corrected chi connectivity index (χ3v) is 3.61. The highest BCUT2D eigenvalue weighted by molar-refractivity contribution is 5.94. The molecule has 112 valence electrons. The molecule has 5 heteroatoms. The average molecular weight is 287 g/mol. The van der Waals surface area contributed by atoms with Gasteiger partial charge in [-0.15, -0.1) is 0 Å². The number of rotatable bonds is 4. The monoisotopic (exact) mass is 287 g/mol. The van der Waals surface area contributed by atoms with Crippen LogP contribution in [0.15, 0.2) is 36.4 Å². The van der Waals surface area contributed by atoms with Crippen molar-refractivity contribution in [3.8, 4) is 0 Å². The quantitative estimate of drug-likeness (QED) is 0.824. The van der Waals surface area contributed by atoms with Crippen LogP contribution in [0.1, 0.15) is 18.9 Å². The fourth-order valence-electron chi connectivity index (χ4n) is 2.29. The first kappa shape index (κ1) is 15.3. The molecule has 0 bridgehead atoms. The molecule has 0 fully saturated rings. The zero-order valence-electron chi connectivity index (χ0n) is 12.4. The van der Waals surface area contributed by atoms with E-state index in [-0.39, 0.29) is 23.8 Å². The van der Waals surface area contributed by atoms with Crippen molar-refractivity contribution < 1.29 is 9.59 Å². The second-order valence-corrected chi connectivity index (χ2v) is 5.46. The van der Waals surface area contributed by atoms with E-state index in [1.807, 2.05) is 36.4 Å². The first-order chi connectivity index (χ1) is 9.95. The molecule has 0 spiro atoms. The molecule has 0 heterocycles. The second-order valence-electron chi connectivity index (χ2n) is 5.46. The van der Waals surface area contributed by atoms with Crippen molar-refractivity contribution in [1.29, 1.82) is 0 Å². The van der Waals surface area contributed by atoms with E-state index in [1.165, 1.54) is 6.92 Å². The highest BCUT2D eigenvalue weighted by atomic mass is 16.2. The van der Waals surface area contributed by atoms with Crippen molar-refractivity contribution in [2.75, 3.05) is 12.4 Å². The van der Waals surface area contributed by atoms with Crippen LogP contribution in [0.2, 0.25) is 0 Å². The predicted octanol–water partition coefficient (Wildman–Crippen LogP) is 1.51. The molecule has 1 aliphatic rings. The topological polar surface area (TPSA) is 75.4 Å². The number of amides is 2. The van der Waals surface area contributed by atoms with Crippen LogP contribution in [0.3, 0.4) is 0 Å². The van der Waals surface area contributed by atoms with Crippen LogP contribution < -0.4 is 11.1 Å². The Kier molecular flexibility index (Phi) is 4.75. The molecule has 3 N–H and O–H groups in total. The molecule has 1 aliphatic carbocycles. The molecule has 0 radical (unpaired) electrons. The molecule has 2 atom stereocenters. The lowest BCUT2D eigenvalue weighted by molar-refractivity contribution is -0.128. The van der Waals surface area contributed by atoms with E-state index >= 15 is 0 Å². The van der Waals surface area contributed by atoms with E-state index in [0.717, 1.165) is 11.3 Å². The third-order valence-electron chi connectivity index (χ3n) is 3.61. The lowest BCUT2D eigenvalue weighted by atomic mass is 10.1. The summed E-state index contributed by atoms with van der Waals surface area (Å²) in [5.74, 6) is -0.200. The van der Waals surface area contributed by atoms with E-state index in [4.69, 9.17) is 5.73 Å². The largest absolute Gasteiger partial charge is 0.342 e. The van der Waals surface area contributed by atoms with Crippen LogP contribution in [0.5, 0.6) is 0 Å². The summed E-state index contributed by atoms with van der Waals surface area (Å²) in [4.78, 5) is 25.0. The summed E-state index contributed by atoms with van der Waals surface area (Å²) >= 11 is 0. The first-order valence-corrected chi connectivity index (χ1v) is 7.01. The maximum atomic E-state index is 12.1. The van der Waals surface area contributed by atoms with E-state index < -0.39 is 0 Å². The molecule has 5 nitrogen and oxygen atoms in total. The molecule has 2 rings (SSSR count). The zero-order chi connectivity index (χ0) is 15.4. The van der Waals surface area contributed by atoms with Gasteiger partial charge in [-0.05, 0) is 24.1 Å². The number of carbonyl (C=O) groups excluding carboxylic acids is 2. The van der Waals surface area contributed by atoms with Crippen LogP contribution in [-0.4, -0.2) is 29.8 Å². The van der Waals surface area contributed by atoms with Crippen LogP contribution in [0.25, 0.3) is 0 Å². The summed E-state index contributed by atoms with van der Waals surface area (Å²) in [5, 5.41) is 2.90. The summed E-state index contributed by atoms with van der Waals surface area (Å²) < 4.78 is 0. The molecule has 2 amide bonds. The Morgan fingerprint density at radius 1 is 1.38 bits per heavy atom. The molecule has 2 unspecified atom stereocenters. The number of hydrogen-bond acceptors (Lipinski definition) is 3. The van der Waals surface area contributed by atoms with Gasteiger partial charge in [0.2, 0.25) is 11.8 Å². The van der Waals surface area contributed by atoms with Crippen LogP contribution in [0, 0.1) is 5.92 Å². The summed E-state index contributed by atoms with van der Waals surface area (Å²) in [6.07, 6.45) is 4.37. The molecule has 1 aromatic rings. The van der Waals surface area contributed by atoms with Gasteiger partial charge < -0.3 is 16.0 Å². The molecule has 0 aromatic heterocycles. The minimum atomic E-state index is -0.163. The van der Waals surface area contributed by atoms with Crippen molar-refractivity contribution in [1.82, 2.24) is 4.90 Å². The number of carbonyl (C=O) groups is 2. The summed E-state index contributed by atoms with van der Waals surface area (Å²) in [5.41, 5.74) is 7.47. The Morgan fingerprint density at radius 2 is 2.14 bits per heavy atom. The predicted molar refractivity (Wildman–Crippen MR) is 82.4 cm³/mol. The number of nitrogens with zero attached hydrogens (tertiary/aromatic N) is 1. The van der Waals surface area contributed by atoms with Crippen molar-refractivity contribution in [3.05, 3.63) is 42.0 Å². The van der Waals surface area contributed by atoms with Gasteiger partial charge in [0.1, 0.15) is 0 Å². The lowest BCUT2D eigenvalue weighted by Crippen LogP contribution is -2.24. The van der Waals surface area contributed by atoms with Crippen LogP contribution >= 0.6 is 0 Å².